The van der Waals surface area contributed by atoms with Crippen molar-refractivity contribution in [1.82, 2.24) is 5.43 Å². The molecule has 2 aromatic rings. The molecule has 1 aromatic heterocycles. The van der Waals surface area contributed by atoms with Gasteiger partial charge in [0.05, 0.1) is 16.0 Å². The van der Waals surface area contributed by atoms with Crippen molar-refractivity contribution in [3.05, 3.63) is 57.0 Å². The third-order valence-corrected chi connectivity index (χ3v) is 3.87. The number of benzene rings is 1. The fourth-order valence-corrected chi connectivity index (χ4v) is 2.38. The van der Waals surface area contributed by atoms with Crippen molar-refractivity contribution in [1.29, 1.82) is 0 Å². The molecule has 0 bridgehead atoms. The molecule has 0 aliphatic carbocycles. The Hall–Kier alpha value is -3.07. The predicted octanol–water partition coefficient (Wildman–Crippen LogP) is 2.77. The number of thiophene rings is 1. The highest BCUT2D eigenvalue weighted by Crippen LogP contribution is 2.22. The molecule has 0 spiro atoms. The lowest BCUT2D eigenvalue weighted by molar-refractivity contribution is -0.380. The molecule has 0 fully saturated rings. The topological polar surface area (TPSA) is 114 Å². The second kappa shape index (κ2) is 7.97. The van der Waals surface area contributed by atoms with Gasteiger partial charge in [0.2, 0.25) is 5.91 Å². The van der Waals surface area contributed by atoms with Gasteiger partial charge in [0, 0.05) is 23.7 Å². The zero-order valence-corrected chi connectivity index (χ0v) is 13.5. The molecule has 124 valence electrons. The lowest BCUT2D eigenvalue weighted by Crippen LogP contribution is -2.17. The third kappa shape index (κ3) is 4.71. The lowest BCUT2D eigenvalue weighted by Gasteiger charge is -2.04. The van der Waals surface area contributed by atoms with E-state index in [0.717, 1.165) is 11.3 Å². The van der Waals surface area contributed by atoms with Gasteiger partial charge in [-0.05, 0) is 30.3 Å². The molecule has 1 heterocycles. The number of anilines is 1. The van der Waals surface area contributed by atoms with Crippen LogP contribution in [0.15, 0.2) is 41.5 Å². The van der Waals surface area contributed by atoms with Crippen LogP contribution in [0, 0.1) is 10.1 Å². The van der Waals surface area contributed by atoms with Gasteiger partial charge in [0.15, 0.2) is 0 Å². The number of rotatable bonds is 6. The van der Waals surface area contributed by atoms with Crippen LogP contribution in [0.1, 0.15) is 28.6 Å². The van der Waals surface area contributed by atoms with Crippen LogP contribution in [0.25, 0.3) is 0 Å². The standard InChI is InChI=1S/C15H14N4O4S/c1-2-13(20)17-11-5-3-10(4-6-11)15(21)18-16-9-12-7-8-14(24-12)19(22)23/h3-9H,2H2,1H3,(H,17,20)(H,18,21)/b16-9-. The Morgan fingerprint density at radius 1 is 1.25 bits per heavy atom. The summed E-state index contributed by atoms with van der Waals surface area (Å²) in [7, 11) is 0. The average molecular weight is 346 g/mol. The molecular weight excluding hydrogens is 332 g/mol. The van der Waals surface area contributed by atoms with Crippen LogP contribution in [-0.4, -0.2) is 23.0 Å². The van der Waals surface area contributed by atoms with Crippen molar-refractivity contribution in [2.45, 2.75) is 13.3 Å². The Balaban J connectivity index is 1.93. The van der Waals surface area contributed by atoms with Gasteiger partial charge in [-0.25, -0.2) is 5.43 Å². The molecule has 2 N–H and O–H groups in total. The predicted molar refractivity (Wildman–Crippen MR) is 91.4 cm³/mol. The van der Waals surface area contributed by atoms with Crippen molar-refractivity contribution in [2.75, 3.05) is 5.32 Å². The van der Waals surface area contributed by atoms with E-state index in [1.165, 1.54) is 12.3 Å². The number of hydrazone groups is 1. The second-order valence-corrected chi connectivity index (χ2v) is 5.71. The molecule has 0 saturated carbocycles. The second-order valence-electron chi connectivity index (χ2n) is 4.61. The summed E-state index contributed by atoms with van der Waals surface area (Å²) in [5.74, 6) is -0.535. The first-order valence-electron chi connectivity index (χ1n) is 6.97. The van der Waals surface area contributed by atoms with Crippen LogP contribution in [0.2, 0.25) is 0 Å². The fraction of sp³-hybridized carbons (Fsp3) is 0.133. The number of hydrogen-bond donors (Lipinski definition) is 2. The van der Waals surface area contributed by atoms with Crippen molar-refractivity contribution in [2.24, 2.45) is 5.10 Å². The van der Waals surface area contributed by atoms with Gasteiger partial charge in [-0.15, -0.1) is 0 Å². The first-order chi connectivity index (χ1) is 11.5. The molecule has 0 unspecified atom stereocenters. The molecule has 0 aliphatic rings. The molecule has 2 rings (SSSR count). The summed E-state index contributed by atoms with van der Waals surface area (Å²) < 4.78 is 0. The summed E-state index contributed by atoms with van der Waals surface area (Å²) in [4.78, 5) is 33.8. The molecule has 0 aliphatic heterocycles. The number of amides is 2. The highest BCUT2D eigenvalue weighted by molar-refractivity contribution is 7.16. The highest BCUT2D eigenvalue weighted by atomic mass is 32.1. The van der Waals surface area contributed by atoms with E-state index in [4.69, 9.17) is 0 Å². The number of carbonyl (C=O) groups is 2. The van der Waals surface area contributed by atoms with Crippen molar-refractivity contribution in [3.8, 4) is 0 Å². The van der Waals surface area contributed by atoms with Gasteiger partial charge in [0.1, 0.15) is 0 Å². The Morgan fingerprint density at radius 3 is 2.54 bits per heavy atom. The van der Waals surface area contributed by atoms with Crippen LogP contribution in [0.3, 0.4) is 0 Å². The summed E-state index contributed by atoms with van der Waals surface area (Å²) in [6.07, 6.45) is 1.71. The van der Waals surface area contributed by atoms with Gasteiger partial charge < -0.3 is 5.32 Å². The van der Waals surface area contributed by atoms with E-state index in [1.54, 1.807) is 37.3 Å². The summed E-state index contributed by atoms with van der Waals surface area (Å²) >= 11 is 0.958. The molecule has 0 saturated heterocycles. The maximum atomic E-state index is 11.9. The number of carbonyl (C=O) groups excluding carboxylic acids is 2. The molecule has 8 nitrogen and oxygen atoms in total. The van der Waals surface area contributed by atoms with Crippen LogP contribution < -0.4 is 10.7 Å². The normalized spacial score (nSPS) is 10.5. The third-order valence-electron chi connectivity index (χ3n) is 2.90. The smallest absolute Gasteiger partial charge is 0.324 e. The quantitative estimate of drug-likeness (QED) is 0.475. The first kappa shape index (κ1) is 17.3. The monoisotopic (exact) mass is 346 g/mol. The zero-order valence-electron chi connectivity index (χ0n) is 12.7. The molecule has 1 aromatic carbocycles. The van der Waals surface area contributed by atoms with Crippen LogP contribution in [0.5, 0.6) is 0 Å². The Bertz CT molecular complexity index is 783. The van der Waals surface area contributed by atoms with E-state index < -0.39 is 10.8 Å². The highest BCUT2D eigenvalue weighted by Gasteiger charge is 2.08. The van der Waals surface area contributed by atoms with E-state index in [2.05, 4.69) is 15.8 Å². The molecule has 24 heavy (non-hydrogen) atoms. The summed E-state index contributed by atoms with van der Waals surface area (Å²) in [6, 6.07) is 9.28. The first-order valence-corrected chi connectivity index (χ1v) is 7.78. The van der Waals surface area contributed by atoms with Crippen LogP contribution in [-0.2, 0) is 4.79 Å². The number of nitrogens with zero attached hydrogens (tertiary/aromatic N) is 2. The molecule has 2 amide bonds. The number of hydrogen-bond acceptors (Lipinski definition) is 6. The fourth-order valence-electron chi connectivity index (χ4n) is 1.68. The Labute approximate surface area is 141 Å². The van der Waals surface area contributed by atoms with E-state index in [-0.39, 0.29) is 10.9 Å². The van der Waals surface area contributed by atoms with E-state index in [0.29, 0.717) is 22.5 Å². The Morgan fingerprint density at radius 2 is 1.96 bits per heavy atom. The minimum absolute atomic E-state index is 0.00694. The van der Waals surface area contributed by atoms with Gasteiger partial charge in [-0.1, -0.05) is 18.3 Å². The minimum Gasteiger partial charge on any atom is -0.326 e. The molecule has 0 radical (unpaired) electrons. The van der Waals surface area contributed by atoms with Crippen molar-refractivity contribution < 1.29 is 14.5 Å². The average Bonchev–Trinajstić information content (AvgIpc) is 3.04. The van der Waals surface area contributed by atoms with Crippen molar-refractivity contribution >= 4 is 40.1 Å². The van der Waals surface area contributed by atoms with Gasteiger partial charge in [-0.2, -0.15) is 5.10 Å². The lowest BCUT2D eigenvalue weighted by atomic mass is 10.2. The van der Waals surface area contributed by atoms with E-state index in [9.17, 15) is 19.7 Å². The van der Waals surface area contributed by atoms with Crippen LogP contribution in [0.4, 0.5) is 10.7 Å². The van der Waals surface area contributed by atoms with E-state index >= 15 is 0 Å². The van der Waals surface area contributed by atoms with Gasteiger partial charge >= 0.3 is 5.00 Å². The molecular formula is C15H14N4O4S. The zero-order chi connectivity index (χ0) is 17.5. The summed E-state index contributed by atoms with van der Waals surface area (Å²) in [5.41, 5.74) is 3.32. The largest absolute Gasteiger partial charge is 0.326 e. The van der Waals surface area contributed by atoms with E-state index in [1.807, 2.05) is 0 Å². The summed E-state index contributed by atoms with van der Waals surface area (Å²) in [6.45, 7) is 1.75. The van der Waals surface area contributed by atoms with Gasteiger partial charge in [0.25, 0.3) is 5.91 Å². The number of nitrogens with one attached hydrogen (secondary N) is 2. The summed E-state index contributed by atoms with van der Waals surface area (Å²) in [5, 5.41) is 17.0. The van der Waals surface area contributed by atoms with Crippen LogP contribution >= 0.6 is 11.3 Å². The maximum absolute atomic E-state index is 11.9. The SMILES string of the molecule is CCC(=O)Nc1ccc(C(=O)N/N=C\c2ccc([N+](=O)[O-])s2)cc1. The molecule has 9 heteroatoms. The maximum Gasteiger partial charge on any atom is 0.324 e. The van der Waals surface area contributed by atoms with Crippen molar-refractivity contribution in [3.63, 3.8) is 0 Å². The van der Waals surface area contributed by atoms with Gasteiger partial charge in [-0.3, -0.25) is 19.7 Å². The Kier molecular flexibility index (Phi) is 5.74. The minimum atomic E-state index is -0.487. The number of nitro groups is 1. The molecule has 0 atom stereocenters.